The van der Waals surface area contributed by atoms with Crippen molar-refractivity contribution in [3.63, 3.8) is 0 Å². The first-order valence-corrected chi connectivity index (χ1v) is 8.49. The van der Waals surface area contributed by atoms with Crippen LogP contribution in [-0.4, -0.2) is 12.6 Å². The minimum Gasteiger partial charge on any atom is -0.313 e. The third-order valence-corrected chi connectivity index (χ3v) is 5.44. The van der Waals surface area contributed by atoms with E-state index in [1.807, 2.05) is 11.3 Å². The Labute approximate surface area is 116 Å². The van der Waals surface area contributed by atoms with E-state index < -0.39 is 0 Å². The van der Waals surface area contributed by atoms with E-state index in [1.165, 1.54) is 50.5 Å². The van der Waals surface area contributed by atoms with Crippen molar-refractivity contribution in [2.75, 3.05) is 6.54 Å². The fraction of sp³-hybridized carbons (Fsp3) is 0.750. The van der Waals surface area contributed by atoms with Gasteiger partial charge in [-0.15, -0.1) is 0 Å². The normalized spacial score (nSPS) is 20.1. The Balaban J connectivity index is 2.07. The first-order valence-electron chi connectivity index (χ1n) is 7.55. The first kappa shape index (κ1) is 14.1. The maximum absolute atomic E-state index is 3.85. The van der Waals surface area contributed by atoms with E-state index in [9.17, 15) is 0 Å². The Hall–Kier alpha value is -0.340. The molecule has 1 aliphatic rings. The zero-order chi connectivity index (χ0) is 12.8. The van der Waals surface area contributed by atoms with Gasteiger partial charge in [0.1, 0.15) is 0 Å². The topological polar surface area (TPSA) is 12.0 Å². The van der Waals surface area contributed by atoms with Gasteiger partial charge in [0.25, 0.3) is 0 Å². The van der Waals surface area contributed by atoms with Crippen LogP contribution < -0.4 is 5.32 Å². The van der Waals surface area contributed by atoms with Crippen LogP contribution in [0, 0.1) is 5.41 Å². The minimum atomic E-state index is 0.567. The molecule has 1 unspecified atom stereocenters. The highest BCUT2D eigenvalue weighted by Gasteiger charge is 2.39. The molecule has 1 aromatic rings. The van der Waals surface area contributed by atoms with Gasteiger partial charge in [-0.05, 0) is 66.5 Å². The predicted octanol–water partition coefficient (Wildman–Crippen LogP) is 4.63. The van der Waals surface area contributed by atoms with Crippen LogP contribution in [-0.2, 0) is 6.42 Å². The van der Waals surface area contributed by atoms with E-state index >= 15 is 0 Å². The lowest BCUT2D eigenvalue weighted by Gasteiger charge is -2.38. The number of hydrogen-bond acceptors (Lipinski definition) is 2. The quantitative estimate of drug-likeness (QED) is 0.758. The molecular formula is C16H27NS. The Kier molecular flexibility index (Phi) is 5.25. The van der Waals surface area contributed by atoms with E-state index in [0.29, 0.717) is 11.5 Å². The molecule has 1 nitrogen and oxygen atoms in total. The molecule has 0 saturated heterocycles. The van der Waals surface area contributed by atoms with Gasteiger partial charge in [0, 0.05) is 6.04 Å². The van der Waals surface area contributed by atoms with E-state index in [-0.39, 0.29) is 0 Å². The molecule has 1 aromatic heterocycles. The molecule has 0 bridgehead atoms. The molecule has 102 valence electrons. The molecule has 0 aromatic carbocycles. The van der Waals surface area contributed by atoms with Gasteiger partial charge in [-0.3, -0.25) is 0 Å². The second kappa shape index (κ2) is 6.72. The largest absolute Gasteiger partial charge is 0.313 e. The van der Waals surface area contributed by atoms with Crippen molar-refractivity contribution < 1.29 is 0 Å². The van der Waals surface area contributed by atoms with Crippen molar-refractivity contribution in [1.82, 2.24) is 5.32 Å². The molecule has 18 heavy (non-hydrogen) atoms. The molecule has 2 heteroatoms. The Morgan fingerprint density at radius 2 is 2.11 bits per heavy atom. The lowest BCUT2D eigenvalue weighted by atomic mass is 9.74. The maximum atomic E-state index is 3.85. The molecule has 1 fully saturated rings. The summed E-state index contributed by atoms with van der Waals surface area (Å²) in [4.78, 5) is 0. The van der Waals surface area contributed by atoms with Crippen molar-refractivity contribution in [3.05, 3.63) is 22.4 Å². The van der Waals surface area contributed by atoms with Crippen molar-refractivity contribution in [1.29, 1.82) is 0 Å². The molecular weight excluding hydrogens is 238 g/mol. The van der Waals surface area contributed by atoms with Crippen molar-refractivity contribution in [2.45, 2.75) is 64.8 Å². The van der Waals surface area contributed by atoms with Crippen LogP contribution in [0.15, 0.2) is 16.8 Å². The molecule has 0 amide bonds. The summed E-state index contributed by atoms with van der Waals surface area (Å²) >= 11 is 1.83. The monoisotopic (exact) mass is 265 g/mol. The van der Waals surface area contributed by atoms with E-state index in [0.717, 1.165) is 6.54 Å². The highest BCUT2D eigenvalue weighted by atomic mass is 32.1. The molecule has 0 spiro atoms. The van der Waals surface area contributed by atoms with Gasteiger partial charge in [-0.2, -0.15) is 11.3 Å². The van der Waals surface area contributed by atoms with Crippen LogP contribution in [0.5, 0.6) is 0 Å². The third-order valence-electron chi connectivity index (χ3n) is 4.70. The van der Waals surface area contributed by atoms with Crippen LogP contribution in [0.2, 0.25) is 0 Å². The molecule has 1 N–H and O–H groups in total. The van der Waals surface area contributed by atoms with E-state index in [2.05, 4.69) is 36.0 Å². The Bertz CT molecular complexity index is 325. The molecule has 0 radical (unpaired) electrons. The summed E-state index contributed by atoms with van der Waals surface area (Å²) in [7, 11) is 0. The van der Waals surface area contributed by atoms with Gasteiger partial charge in [-0.1, -0.05) is 26.7 Å². The summed E-state index contributed by atoms with van der Waals surface area (Å²) in [5, 5.41) is 8.37. The molecule has 1 atom stereocenters. The molecule has 1 aliphatic carbocycles. The van der Waals surface area contributed by atoms with Crippen LogP contribution >= 0.6 is 11.3 Å². The highest BCUT2D eigenvalue weighted by molar-refractivity contribution is 7.07. The zero-order valence-corrected chi connectivity index (χ0v) is 12.7. The lowest BCUT2D eigenvalue weighted by molar-refractivity contribution is 0.184. The standard InChI is InChI=1S/C16H27NS/c1-3-10-17-15(12-14-7-11-18-13-14)16(4-2)8-5-6-9-16/h7,11,13,15,17H,3-6,8-10,12H2,1-2H3. The summed E-state index contributed by atoms with van der Waals surface area (Å²) in [6.07, 6.45) is 9.50. The van der Waals surface area contributed by atoms with Gasteiger partial charge in [0.05, 0.1) is 0 Å². The Morgan fingerprint density at radius 3 is 2.67 bits per heavy atom. The van der Waals surface area contributed by atoms with Crippen molar-refractivity contribution in [3.8, 4) is 0 Å². The second-order valence-corrected chi connectivity index (χ2v) is 6.55. The average Bonchev–Trinajstić information content (AvgIpc) is 3.05. The fourth-order valence-electron chi connectivity index (χ4n) is 3.50. The van der Waals surface area contributed by atoms with Gasteiger partial charge in [0.2, 0.25) is 0 Å². The van der Waals surface area contributed by atoms with Gasteiger partial charge < -0.3 is 5.32 Å². The van der Waals surface area contributed by atoms with Crippen molar-refractivity contribution in [2.24, 2.45) is 5.41 Å². The van der Waals surface area contributed by atoms with Gasteiger partial charge in [0.15, 0.2) is 0 Å². The van der Waals surface area contributed by atoms with Crippen molar-refractivity contribution >= 4 is 11.3 Å². The van der Waals surface area contributed by atoms with E-state index in [1.54, 1.807) is 0 Å². The summed E-state index contributed by atoms with van der Waals surface area (Å²) in [5.41, 5.74) is 2.09. The van der Waals surface area contributed by atoms with E-state index in [4.69, 9.17) is 0 Å². The number of thiophene rings is 1. The van der Waals surface area contributed by atoms with Crippen LogP contribution in [0.3, 0.4) is 0 Å². The lowest BCUT2D eigenvalue weighted by Crippen LogP contribution is -2.45. The van der Waals surface area contributed by atoms with Gasteiger partial charge >= 0.3 is 0 Å². The number of nitrogens with one attached hydrogen (secondary N) is 1. The Morgan fingerprint density at radius 1 is 1.33 bits per heavy atom. The SMILES string of the molecule is CCCNC(Cc1ccsc1)C1(CC)CCCC1. The predicted molar refractivity (Wildman–Crippen MR) is 81.3 cm³/mol. The highest BCUT2D eigenvalue weighted by Crippen LogP contribution is 2.44. The molecule has 2 rings (SSSR count). The molecule has 1 saturated carbocycles. The first-order chi connectivity index (χ1) is 8.80. The average molecular weight is 265 g/mol. The summed E-state index contributed by atoms with van der Waals surface area (Å²) in [6.45, 7) is 5.82. The number of rotatable bonds is 7. The number of hydrogen-bond donors (Lipinski definition) is 1. The summed E-state index contributed by atoms with van der Waals surface area (Å²) in [6, 6.07) is 2.98. The molecule has 1 heterocycles. The smallest absolute Gasteiger partial charge is 0.0164 e. The second-order valence-electron chi connectivity index (χ2n) is 5.77. The van der Waals surface area contributed by atoms with Crippen LogP contribution in [0.25, 0.3) is 0 Å². The summed E-state index contributed by atoms with van der Waals surface area (Å²) in [5.74, 6) is 0. The summed E-state index contributed by atoms with van der Waals surface area (Å²) < 4.78 is 0. The third kappa shape index (κ3) is 3.16. The molecule has 0 aliphatic heterocycles. The van der Waals surface area contributed by atoms with Crippen LogP contribution in [0.4, 0.5) is 0 Å². The van der Waals surface area contributed by atoms with Crippen LogP contribution in [0.1, 0.15) is 57.9 Å². The minimum absolute atomic E-state index is 0.567. The zero-order valence-electron chi connectivity index (χ0n) is 11.9. The fourth-order valence-corrected chi connectivity index (χ4v) is 4.18. The van der Waals surface area contributed by atoms with Gasteiger partial charge in [-0.25, -0.2) is 0 Å². The maximum Gasteiger partial charge on any atom is 0.0164 e.